The predicted molar refractivity (Wildman–Crippen MR) is 135 cm³/mol. The summed E-state index contributed by atoms with van der Waals surface area (Å²) in [4.78, 5) is 25.2. The summed E-state index contributed by atoms with van der Waals surface area (Å²) in [7, 11) is 0. The minimum absolute atomic E-state index is 0.00428. The Morgan fingerprint density at radius 1 is 1.20 bits per heavy atom. The highest BCUT2D eigenvalue weighted by molar-refractivity contribution is 9.10. The van der Waals surface area contributed by atoms with Crippen molar-refractivity contribution in [2.45, 2.75) is 31.6 Å². The van der Waals surface area contributed by atoms with Gasteiger partial charge in [0.2, 0.25) is 5.91 Å². The monoisotopic (exact) mass is 563 g/mol. The van der Waals surface area contributed by atoms with Crippen LogP contribution in [0.5, 0.6) is 0 Å². The van der Waals surface area contributed by atoms with Crippen LogP contribution >= 0.6 is 27.7 Å². The fourth-order valence-corrected chi connectivity index (χ4v) is 4.51. The van der Waals surface area contributed by atoms with Crippen molar-refractivity contribution in [2.75, 3.05) is 11.1 Å². The summed E-state index contributed by atoms with van der Waals surface area (Å²) in [6, 6.07) is 10.2. The fraction of sp³-hybridized carbons (Fsp3) is 0.250. The predicted octanol–water partition coefficient (Wildman–Crippen LogP) is 5.36. The van der Waals surface area contributed by atoms with Crippen LogP contribution in [0.15, 0.2) is 64.7 Å². The molecule has 0 aliphatic heterocycles. The van der Waals surface area contributed by atoms with Crippen LogP contribution in [0.2, 0.25) is 0 Å². The van der Waals surface area contributed by atoms with Crippen LogP contribution in [0, 0.1) is 17.6 Å². The molecule has 2 aromatic carbocycles. The molecule has 0 spiro atoms. The number of allylic oxidation sites excluding steroid dienone is 1. The van der Waals surface area contributed by atoms with E-state index in [-0.39, 0.29) is 27.7 Å². The second-order valence-corrected chi connectivity index (χ2v) is 9.68. The number of amides is 2. The van der Waals surface area contributed by atoms with Crippen molar-refractivity contribution in [3.05, 3.63) is 82.6 Å². The molecule has 2 N–H and O–H groups in total. The first-order valence-corrected chi connectivity index (χ1v) is 12.5. The molecule has 1 heterocycles. The van der Waals surface area contributed by atoms with E-state index in [1.54, 1.807) is 34.9 Å². The second kappa shape index (κ2) is 12.1. The third-order valence-corrected chi connectivity index (χ3v) is 6.52. The molecule has 2 amide bonds. The molecule has 0 aliphatic carbocycles. The van der Waals surface area contributed by atoms with Crippen molar-refractivity contribution in [1.29, 1.82) is 0 Å². The van der Waals surface area contributed by atoms with Gasteiger partial charge in [-0.1, -0.05) is 49.9 Å². The Bertz CT molecular complexity index is 1200. The van der Waals surface area contributed by atoms with Gasteiger partial charge in [-0.15, -0.1) is 16.8 Å². The first-order valence-electron chi connectivity index (χ1n) is 10.7. The first-order chi connectivity index (χ1) is 16.7. The fourth-order valence-electron chi connectivity index (χ4n) is 3.25. The molecular formula is C24H24BrF2N5O2S. The number of carbonyl (C=O) groups is 2. The van der Waals surface area contributed by atoms with Gasteiger partial charge in [0.05, 0.1) is 17.5 Å². The van der Waals surface area contributed by atoms with Crippen LogP contribution in [0.3, 0.4) is 0 Å². The molecule has 0 unspecified atom stereocenters. The standard InChI is InChI=1S/C24H24BrF2N5O2S/c1-4-10-32-22(20(14(2)3)29-23(34)15-8-6-5-7-9-15)30-31-24(32)35-13-19(33)28-21-17(25)11-16(26)12-18(21)27/h4-9,11-12,14,20H,1,10,13H2,2-3H3,(H,28,33)(H,29,34)/t20-/m1/s1. The zero-order valence-corrected chi connectivity index (χ0v) is 21.5. The minimum Gasteiger partial charge on any atom is -0.342 e. The molecule has 11 heteroatoms. The summed E-state index contributed by atoms with van der Waals surface area (Å²) < 4.78 is 29.2. The van der Waals surface area contributed by atoms with Crippen LogP contribution in [0.1, 0.15) is 36.1 Å². The molecule has 0 aliphatic rings. The van der Waals surface area contributed by atoms with Crippen LogP contribution in [0.25, 0.3) is 0 Å². The summed E-state index contributed by atoms with van der Waals surface area (Å²) in [6.07, 6.45) is 1.67. The molecule has 1 aromatic heterocycles. The van der Waals surface area contributed by atoms with Gasteiger partial charge >= 0.3 is 0 Å². The van der Waals surface area contributed by atoms with E-state index in [0.29, 0.717) is 29.2 Å². The number of hydrogen-bond acceptors (Lipinski definition) is 5. The number of nitrogens with zero attached hydrogens (tertiary/aromatic N) is 3. The Morgan fingerprint density at radius 3 is 2.54 bits per heavy atom. The molecule has 0 radical (unpaired) electrons. The number of hydrogen-bond donors (Lipinski definition) is 2. The van der Waals surface area contributed by atoms with Crippen LogP contribution in [-0.4, -0.2) is 32.3 Å². The molecule has 3 aromatic rings. The quantitative estimate of drug-likeness (QED) is 0.256. The number of benzene rings is 2. The lowest BCUT2D eigenvalue weighted by atomic mass is 10.0. The van der Waals surface area contributed by atoms with E-state index in [9.17, 15) is 18.4 Å². The number of rotatable bonds is 10. The van der Waals surface area contributed by atoms with Gasteiger partial charge in [-0.2, -0.15) is 0 Å². The van der Waals surface area contributed by atoms with Crippen molar-refractivity contribution >= 4 is 45.2 Å². The minimum atomic E-state index is -0.888. The Hall–Kier alpha value is -3.05. The van der Waals surface area contributed by atoms with Crippen molar-refractivity contribution in [3.8, 4) is 0 Å². The van der Waals surface area contributed by atoms with E-state index in [4.69, 9.17) is 0 Å². The van der Waals surface area contributed by atoms with E-state index in [1.807, 2.05) is 19.9 Å². The molecule has 0 bridgehead atoms. The van der Waals surface area contributed by atoms with Gasteiger partial charge in [0.15, 0.2) is 16.8 Å². The molecule has 3 rings (SSSR count). The van der Waals surface area contributed by atoms with Gasteiger partial charge < -0.3 is 15.2 Å². The Labute approximate surface area is 214 Å². The molecule has 35 heavy (non-hydrogen) atoms. The normalized spacial score (nSPS) is 11.8. The molecule has 0 saturated heterocycles. The maximum Gasteiger partial charge on any atom is 0.251 e. The smallest absolute Gasteiger partial charge is 0.251 e. The van der Waals surface area contributed by atoms with E-state index >= 15 is 0 Å². The van der Waals surface area contributed by atoms with Gasteiger partial charge in [-0.3, -0.25) is 9.59 Å². The summed E-state index contributed by atoms with van der Waals surface area (Å²) in [5.41, 5.74) is 0.382. The van der Waals surface area contributed by atoms with E-state index in [2.05, 4.69) is 43.3 Å². The Morgan fingerprint density at radius 2 is 1.91 bits per heavy atom. The van der Waals surface area contributed by atoms with Gasteiger partial charge in [-0.25, -0.2) is 8.78 Å². The third-order valence-electron chi connectivity index (χ3n) is 4.93. The number of halogens is 3. The summed E-state index contributed by atoms with van der Waals surface area (Å²) >= 11 is 4.15. The summed E-state index contributed by atoms with van der Waals surface area (Å²) in [6.45, 7) is 8.05. The van der Waals surface area contributed by atoms with Gasteiger partial charge in [-0.05, 0) is 40.0 Å². The van der Waals surface area contributed by atoms with Crippen molar-refractivity contribution in [3.63, 3.8) is 0 Å². The maximum absolute atomic E-state index is 14.0. The Balaban J connectivity index is 1.76. The first kappa shape index (κ1) is 26.6. The molecule has 0 saturated carbocycles. The number of thioether (sulfide) groups is 1. The average Bonchev–Trinajstić information content (AvgIpc) is 3.21. The molecule has 1 atom stereocenters. The van der Waals surface area contributed by atoms with Gasteiger partial charge in [0.25, 0.3) is 5.91 Å². The van der Waals surface area contributed by atoms with Gasteiger partial charge in [0, 0.05) is 22.6 Å². The van der Waals surface area contributed by atoms with Crippen molar-refractivity contribution in [2.24, 2.45) is 5.92 Å². The number of carbonyl (C=O) groups excluding carboxylic acids is 2. The van der Waals surface area contributed by atoms with Crippen LogP contribution in [-0.2, 0) is 11.3 Å². The highest BCUT2D eigenvalue weighted by Gasteiger charge is 2.26. The van der Waals surface area contributed by atoms with E-state index < -0.39 is 23.6 Å². The maximum atomic E-state index is 14.0. The lowest BCUT2D eigenvalue weighted by molar-refractivity contribution is -0.113. The summed E-state index contributed by atoms with van der Waals surface area (Å²) in [5, 5.41) is 14.4. The second-order valence-electron chi connectivity index (χ2n) is 7.88. The number of aromatic nitrogens is 3. The van der Waals surface area contributed by atoms with E-state index in [0.717, 1.165) is 17.8 Å². The van der Waals surface area contributed by atoms with E-state index in [1.165, 1.54) is 0 Å². The SMILES string of the molecule is C=CCn1c(SCC(=O)Nc2c(F)cc(F)cc2Br)nnc1[C@H](NC(=O)c1ccccc1)C(C)C. The van der Waals surface area contributed by atoms with Crippen molar-refractivity contribution in [1.82, 2.24) is 20.1 Å². The van der Waals surface area contributed by atoms with Crippen molar-refractivity contribution < 1.29 is 18.4 Å². The lowest BCUT2D eigenvalue weighted by Crippen LogP contribution is -2.33. The highest BCUT2D eigenvalue weighted by atomic mass is 79.9. The average molecular weight is 564 g/mol. The number of anilines is 1. The topological polar surface area (TPSA) is 88.9 Å². The highest BCUT2D eigenvalue weighted by Crippen LogP contribution is 2.28. The third kappa shape index (κ3) is 6.76. The largest absolute Gasteiger partial charge is 0.342 e. The molecule has 184 valence electrons. The zero-order valence-electron chi connectivity index (χ0n) is 19.1. The summed E-state index contributed by atoms with van der Waals surface area (Å²) in [5.74, 6) is -1.96. The Kier molecular flexibility index (Phi) is 9.16. The molecule has 0 fully saturated rings. The zero-order chi connectivity index (χ0) is 25.5. The molecule has 7 nitrogen and oxygen atoms in total. The molecular weight excluding hydrogens is 540 g/mol. The van der Waals surface area contributed by atoms with Crippen LogP contribution < -0.4 is 10.6 Å². The van der Waals surface area contributed by atoms with Crippen LogP contribution in [0.4, 0.5) is 14.5 Å². The number of nitrogens with one attached hydrogen (secondary N) is 2. The van der Waals surface area contributed by atoms with Gasteiger partial charge in [0.1, 0.15) is 5.82 Å². The lowest BCUT2D eigenvalue weighted by Gasteiger charge is -2.22.